The van der Waals surface area contributed by atoms with Crippen LogP contribution in [0.15, 0.2) is 18.2 Å². The van der Waals surface area contributed by atoms with Crippen LogP contribution < -0.4 is 10.0 Å². The zero-order chi connectivity index (χ0) is 15.6. The first kappa shape index (κ1) is 15.6. The Hall–Kier alpha value is -1.76. The van der Waals surface area contributed by atoms with Crippen LogP contribution in [-0.4, -0.2) is 33.3 Å². The van der Waals surface area contributed by atoms with E-state index in [1.807, 2.05) is 13.0 Å². The number of carbonyl (C=O) groups is 1. The van der Waals surface area contributed by atoms with E-state index in [1.165, 1.54) is 11.4 Å². The monoisotopic (exact) mass is 312 g/mol. The number of hydrogen-bond acceptors (Lipinski definition) is 5. The molecule has 0 bridgehead atoms. The minimum atomic E-state index is -3.45. The molecular formula is C14H20N2O4S. The molecule has 2 N–H and O–H groups in total. The number of anilines is 2. The van der Waals surface area contributed by atoms with Crippen LogP contribution in [0.2, 0.25) is 0 Å². The highest BCUT2D eigenvalue weighted by Gasteiger charge is 2.34. The molecule has 2 rings (SSSR count). The maximum Gasteiger partial charge on any atom is 0.305 e. The number of methoxy groups -OCH3 is 1. The van der Waals surface area contributed by atoms with E-state index in [2.05, 4.69) is 4.74 Å². The average molecular weight is 312 g/mol. The molecule has 116 valence electrons. The van der Waals surface area contributed by atoms with Gasteiger partial charge < -0.3 is 10.5 Å². The van der Waals surface area contributed by atoms with Gasteiger partial charge in [-0.2, -0.15) is 0 Å². The lowest BCUT2D eigenvalue weighted by molar-refractivity contribution is -0.140. The molecule has 6 nitrogen and oxygen atoms in total. The number of esters is 1. The Morgan fingerprint density at radius 2 is 2.19 bits per heavy atom. The van der Waals surface area contributed by atoms with Crippen molar-refractivity contribution in [1.29, 1.82) is 0 Å². The fraction of sp³-hybridized carbons (Fsp3) is 0.500. The first-order valence-electron chi connectivity index (χ1n) is 6.82. The highest BCUT2D eigenvalue weighted by Crippen LogP contribution is 2.35. The smallest absolute Gasteiger partial charge is 0.305 e. The number of rotatable bonds is 5. The summed E-state index contributed by atoms with van der Waals surface area (Å²) >= 11 is 0. The number of nitrogen functional groups attached to an aromatic ring is 1. The second-order valence-electron chi connectivity index (χ2n) is 5.23. The highest BCUT2D eigenvalue weighted by atomic mass is 32.2. The molecule has 1 atom stereocenters. The van der Waals surface area contributed by atoms with Crippen LogP contribution in [0.4, 0.5) is 11.4 Å². The Balaban J connectivity index is 2.15. The first-order chi connectivity index (χ1) is 9.85. The molecule has 0 amide bonds. The quantitative estimate of drug-likeness (QED) is 0.654. The molecular weight excluding hydrogens is 292 g/mol. The molecule has 1 aliphatic heterocycles. The van der Waals surface area contributed by atoms with Crippen LogP contribution >= 0.6 is 0 Å². The van der Waals surface area contributed by atoms with Gasteiger partial charge in [0, 0.05) is 18.2 Å². The second kappa shape index (κ2) is 5.93. The summed E-state index contributed by atoms with van der Waals surface area (Å²) < 4.78 is 31.0. The van der Waals surface area contributed by atoms with E-state index in [0.29, 0.717) is 17.8 Å². The molecule has 1 aromatic carbocycles. The van der Waals surface area contributed by atoms with Crippen LogP contribution in [0.5, 0.6) is 0 Å². The van der Waals surface area contributed by atoms with Gasteiger partial charge >= 0.3 is 5.97 Å². The molecule has 1 aromatic rings. The van der Waals surface area contributed by atoms with E-state index in [1.54, 1.807) is 12.1 Å². The van der Waals surface area contributed by atoms with Gasteiger partial charge in [0.25, 0.3) is 0 Å². The van der Waals surface area contributed by atoms with Gasteiger partial charge in [-0.1, -0.05) is 0 Å². The van der Waals surface area contributed by atoms with E-state index >= 15 is 0 Å². The number of ether oxygens (including phenoxy) is 1. The zero-order valence-electron chi connectivity index (χ0n) is 12.2. The van der Waals surface area contributed by atoms with E-state index in [9.17, 15) is 13.2 Å². The first-order valence-corrected chi connectivity index (χ1v) is 8.43. The minimum absolute atomic E-state index is 0.0732. The molecule has 1 aliphatic rings. The van der Waals surface area contributed by atoms with Crippen molar-refractivity contribution in [2.75, 3.05) is 22.9 Å². The van der Waals surface area contributed by atoms with Gasteiger partial charge in [0.1, 0.15) is 0 Å². The maximum atomic E-state index is 12.5. The predicted octanol–water partition coefficient (Wildman–Crippen LogP) is 1.30. The van der Waals surface area contributed by atoms with Crippen LogP contribution in [0.1, 0.15) is 25.3 Å². The maximum absolute atomic E-state index is 12.5. The molecule has 0 saturated carbocycles. The molecule has 0 saturated heterocycles. The van der Waals surface area contributed by atoms with Crippen LogP contribution in [0, 0.1) is 0 Å². The molecule has 0 aliphatic carbocycles. The minimum Gasteiger partial charge on any atom is -0.469 e. The summed E-state index contributed by atoms with van der Waals surface area (Å²) in [6.45, 7) is 1.87. The van der Waals surface area contributed by atoms with Gasteiger partial charge in [-0.15, -0.1) is 0 Å². The molecule has 21 heavy (non-hydrogen) atoms. The number of fused-ring (bicyclic) bond motifs is 1. The van der Waals surface area contributed by atoms with Gasteiger partial charge in [0.05, 0.1) is 18.6 Å². The lowest BCUT2D eigenvalue weighted by Gasteiger charge is -2.24. The Bertz CT molecular complexity index is 642. The fourth-order valence-corrected chi connectivity index (χ4v) is 4.45. The van der Waals surface area contributed by atoms with Crippen LogP contribution in [-0.2, 0) is 26.0 Å². The summed E-state index contributed by atoms with van der Waals surface area (Å²) in [6, 6.07) is 5.13. The second-order valence-corrected chi connectivity index (χ2v) is 7.20. The van der Waals surface area contributed by atoms with Crippen molar-refractivity contribution >= 4 is 27.4 Å². The van der Waals surface area contributed by atoms with Gasteiger partial charge in [-0.3, -0.25) is 9.10 Å². The van der Waals surface area contributed by atoms with E-state index in [0.717, 1.165) is 5.56 Å². The topological polar surface area (TPSA) is 89.7 Å². The standard InChI is InChI=1S/C14H20N2O4S/c1-10-8-11-9-12(15)5-6-13(11)16(10)21(18,19)7-3-4-14(17)20-2/h5-6,9-10H,3-4,7-8,15H2,1-2H3. The molecule has 7 heteroatoms. The summed E-state index contributed by atoms with van der Waals surface area (Å²) in [5.41, 5.74) is 8.00. The van der Waals surface area contributed by atoms with Crippen molar-refractivity contribution in [1.82, 2.24) is 0 Å². The summed E-state index contributed by atoms with van der Waals surface area (Å²) in [6.07, 6.45) is 1.01. The molecule has 0 fully saturated rings. The van der Waals surface area contributed by atoms with Crippen molar-refractivity contribution in [3.63, 3.8) is 0 Å². The summed E-state index contributed by atoms with van der Waals surface area (Å²) in [4.78, 5) is 11.1. The third-order valence-corrected chi connectivity index (χ3v) is 5.53. The molecule has 0 aromatic heterocycles. The SMILES string of the molecule is COC(=O)CCCS(=O)(=O)N1c2ccc(N)cc2CC1C. The average Bonchev–Trinajstić information content (AvgIpc) is 2.73. The lowest BCUT2D eigenvalue weighted by Crippen LogP contribution is -2.37. The fourth-order valence-electron chi connectivity index (χ4n) is 2.65. The van der Waals surface area contributed by atoms with E-state index in [4.69, 9.17) is 5.73 Å². The Morgan fingerprint density at radius 3 is 2.86 bits per heavy atom. The van der Waals surface area contributed by atoms with E-state index < -0.39 is 16.0 Å². The Morgan fingerprint density at radius 1 is 1.48 bits per heavy atom. The number of benzene rings is 1. The predicted molar refractivity (Wildman–Crippen MR) is 81.5 cm³/mol. The van der Waals surface area contributed by atoms with Crippen molar-refractivity contribution in [2.24, 2.45) is 0 Å². The van der Waals surface area contributed by atoms with Crippen molar-refractivity contribution < 1.29 is 17.9 Å². The zero-order valence-corrected chi connectivity index (χ0v) is 13.0. The van der Waals surface area contributed by atoms with Crippen LogP contribution in [0.3, 0.4) is 0 Å². The van der Waals surface area contributed by atoms with Crippen molar-refractivity contribution in [2.45, 2.75) is 32.2 Å². The highest BCUT2D eigenvalue weighted by molar-refractivity contribution is 7.92. The molecule has 0 spiro atoms. The van der Waals surface area contributed by atoms with Gasteiger partial charge in [0.15, 0.2) is 0 Å². The Labute approximate surface area is 124 Å². The van der Waals surface area contributed by atoms with Gasteiger partial charge in [-0.05, 0) is 43.5 Å². The van der Waals surface area contributed by atoms with E-state index in [-0.39, 0.29) is 24.6 Å². The third-order valence-electron chi connectivity index (χ3n) is 3.57. The number of hydrogen-bond donors (Lipinski definition) is 1. The number of carbonyl (C=O) groups excluding carboxylic acids is 1. The van der Waals surface area contributed by atoms with Gasteiger partial charge in [0.2, 0.25) is 10.0 Å². The molecule has 1 unspecified atom stereocenters. The number of nitrogens with zero attached hydrogens (tertiary/aromatic N) is 1. The summed E-state index contributed by atoms with van der Waals surface area (Å²) in [5.74, 6) is -0.469. The summed E-state index contributed by atoms with van der Waals surface area (Å²) in [5, 5.41) is 0. The number of sulfonamides is 1. The largest absolute Gasteiger partial charge is 0.469 e. The third kappa shape index (κ3) is 3.29. The number of nitrogens with two attached hydrogens (primary N) is 1. The van der Waals surface area contributed by atoms with Crippen molar-refractivity contribution in [3.8, 4) is 0 Å². The van der Waals surface area contributed by atoms with Gasteiger partial charge in [-0.25, -0.2) is 8.42 Å². The summed E-state index contributed by atoms with van der Waals surface area (Å²) in [7, 11) is -2.16. The molecule has 1 heterocycles. The molecule has 0 radical (unpaired) electrons. The normalized spacial score (nSPS) is 17.6. The Kier molecular flexibility index (Phi) is 4.41. The van der Waals surface area contributed by atoms with Crippen molar-refractivity contribution in [3.05, 3.63) is 23.8 Å². The van der Waals surface area contributed by atoms with Crippen LogP contribution in [0.25, 0.3) is 0 Å². The lowest BCUT2D eigenvalue weighted by atomic mass is 10.1.